The topological polar surface area (TPSA) is 61.8 Å². The van der Waals surface area contributed by atoms with Gasteiger partial charge in [0, 0.05) is 35.7 Å². The first-order valence-electron chi connectivity index (χ1n) is 7.05. The van der Waals surface area contributed by atoms with Crippen molar-refractivity contribution >= 4 is 17.6 Å². The van der Waals surface area contributed by atoms with E-state index in [-0.39, 0.29) is 0 Å². The van der Waals surface area contributed by atoms with Gasteiger partial charge >= 0.3 is 0 Å². The summed E-state index contributed by atoms with van der Waals surface area (Å²) in [5, 5.41) is 12.3. The van der Waals surface area contributed by atoms with E-state index in [0.717, 1.165) is 19.5 Å². The maximum atomic E-state index is 8.63. The number of hydrogen-bond acceptors (Lipinski definition) is 4. The highest BCUT2D eigenvalue weighted by molar-refractivity contribution is 8.00. The van der Waals surface area contributed by atoms with Gasteiger partial charge in [-0.1, -0.05) is 23.4 Å². The van der Waals surface area contributed by atoms with Crippen molar-refractivity contribution in [2.75, 3.05) is 13.1 Å². The Morgan fingerprint density at radius 2 is 2.25 bits per heavy atom. The van der Waals surface area contributed by atoms with Gasteiger partial charge in [-0.15, -0.1) is 11.8 Å². The van der Waals surface area contributed by atoms with E-state index in [1.807, 2.05) is 11.8 Å². The standard InChI is InChI=1S/C15H23N3OS/c1-11(2)18(8-7-15(16)17-19)10-13-9-12-5-3-4-6-14(12)20-13/h3-6,11,13,19H,7-10H2,1-2H3,(H2,16,17). The second-order valence-electron chi connectivity index (χ2n) is 5.48. The monoisotopic (exact) mass is 293 g/mol. The number of fused-ring (bicyclic) bond motifs is 1. The van der Waals surface area contributed by atoms with Crippen LogP contribution in [0.1, 0.15) is 25.8 Å². The number of nitrogens with zero attached hydrogens (tertiary/aromatic N) is 2. The SMILES string of the molecule is CC(C)N(CCC(N)=NO)CC1Cc2ccccc2S1. The highest BCUT2D eigenvalue weighted by Gasteiger charge is 2.24. The third kappa shape index (κ3) is 3.90. The minimum atomic E-state index is 0.304. The quantitative estimate of drug-likeness (QED) is 0.366. The first kappa shape index (κ1) is 15.2. The summed E-state index contributed by atoms with van der Waals surface area (Å²) < 4.78 is 0. The van der Waals surface area contributed by atoms with Crippen LogP contribution in [-0.2, 0) is 6.42 Å². The lowest BCUT2D eigenvalue weighted by atomic mass is 10.1. The van der Waals surface area contributed by atoms with E-state index in [9.17, 15) is 0 Å². The summed E-state index contributed by atoms with van der Waals surface area (Å²) in [6.45, 7) is 6.26. The van der Waals surface area contributed by atoms with Gasteiger partial charge in [-0.05, 0) is 31.9 Å². The zero-order chi connectivity index (χ0) is 14.5. The van der Waals surface area contributed by atoms with Crippen molar-refractivity contribution in [2.45, 2.75) is 42.9 Å². The molecule has 0 bridgehead atoms. The molecule has 1 aliphatic heterocycles. The van der Waals surface area contributed by atoms with Crippen molar-refractivity contribution in [3.63, 3.8) is 0 Å². The normalized spacial score (nSPS) is 18.8. The van der Waals surface area contributed by atoms with Gasteiger partial charge in [-0.25, -0.2) is 0 Å². The molecule has 20 heavy (non-hydrogen) atoms. The van der Waals surface area contributed by atoms with Gasteiger partial charge in [0.05, 0.1) is 0 Å². The zero-order valence-corrected chi connectivity index (χ0v) is 12.9. The molecule has 0 fully saturated rings. The van der Waals surface area contributed by atoms with Gasteiger partial charge in [0.25, 0.3) is 0 Å². The molecule has 5 heteroatoms. The number of amidine groups is 1. The van der Waals surface area contributed by atoms with E-state index < -0.39 is 0 Å². The Bertz CT molecular complexity index is 451. The number of thioether (sulfide) groups is 1. The number of oxime groups is 1. The van der Waals surface area contributed by atoms with Gasteiger partial charge in [-0.2, -0.15) is 0 Å². The molecule has 0 radical (unpaired) electrons. The third-order valence-corrected chi connectivity index (χ3v) is 4.97. The van der Waals surface area contributed by atoms with Crippen LogP contribution in [0.5, 0.6) is 0 Å². The molecule has 1 aromatic rings. The zero-order valence-electron chi connectivity index (χ0n) is 12.1. The molecule has 1 aliphatic rings. The summed E-state index contributed by atoms with van der Waals surface area (Å²) in [4.78, 5) is 3.82. The van der Waals surface area contributed by atoms with E-state index in [4.69, 9.17) is 10.9 Å². The van der Waals surface area contributed by atoms with E-state index in [1.165, 1.54) is 10.5 Å². The summed E-state index contributed by atoms with van der Waals surface area (Å²) >= 11 is 1.97. The van der Waals surface area contributed by atoms with E-state index >= 15 is 0 Å². The van der Waals surface area contributed by atoms with Gasteiger partial charge in [-0.3, -0.25) is 4.90 Å². The number of nitrogens with two attached hydrogens (primary N) is 1. The second kappa shape index (κ2) is 6.99. The van der Waals surface area contributed by atoms with Crippen molar-refractivity contribution in [2.24, 2.45) is 10.9 Å². The number of benzene rings is 1. The maximum absolute atomic E-state index is 8.63. The minimum Gasteiger partial charge on any atom is -0.409 e. The summed E-state index contributed by atoms with van der Waals surface area (Å²) in [5.74, 6) is 0.304. The minimum absolute atomic E-state index is 0.304. The molecule has 1 unspecified atom stereocenters. The smallest absolute Gasteiger partial charge is 0.140 e. The van der Waals surface area contributed by atoms with Crippen molar-refractivity contribution in [3.8, 4) is 0 Å². The average Bonchev–Trinajstić information content (AvgIpc) is 2.84. The first-order valence-corrected chi connectivity index (χ1v) is 7.93. The molecule has 4 nitrogen and oxygen atoms in total. The predicted molar refractivity (Wildman–Crippen MR) is 84.5 cm³/mol. The van der Waals surface area contributed by atoms with Crippen LogP contribution in [0.3, 0.4) is 0 Å². The van der Waals surface area contributed by atoms with Crippen LogP contribution >= 0.6 is 11.8 Å². The lowest BCUT2D eigenvalue weighted by molar-refractivity contribution is 0.227. The summed E-state index contributed by atoms with van der Waals surface area (Å²) in [6.07, 6.45) is 1.74. The van der Waals surface area contributed by atoms with Crippen molar-refractivity contribution < 1.29 is 5.21 Å². The molecule has 0 spiro atoms. The lowest BCUT2D eigenvalue weighted by Crippen LogP contribution is -2.38. The Kier molecular flexibility index (Phi) is 5.31. The second-order valence-corrected chi connectivity index (χ2v) is 6.82. The van der Waals surface area contributed by atoms with Crippen LogP contribution < -0.4 is 5.73 Å². The van der Waals surface area contributed by atoms with Crippen LogP contribution in [0, 0.1) is 0 Å². The molecule has 1 atom stereocenters. The van der Waals surface area contributed by atoms with Crippen LogP contribution in [0.2, 0.25) is 0 Å². The largest absolute Gasteiger partial charge is 0.409 e. The van der Waals surface area contributed by atoms with Crippen LogP contribution in [0.4, 0.5) is 0 Å². The first-order chi connectivity index (χ1) is 9.60. The van der Waals surface area contributed by atoms with E-state index in [1.54, 1.807) is 0 Å². The fourth-order valence-electron chi connectivity index (χ4n) is 2.49. The molecule has 0 saturated carbocycles. The Labute approximate surface area is 125 Å². The van der Waals surface area contributed by atoms with Crippen molar-refractivity contribution in [1.82, 2.24) is 4.90 Å². The fraction of sp³-hybridized carbons (Fsp3) is 0.533. The maximum Gasteiger partial charge on any atom is 0.140 e. The van der Waals surface area contributed by atoms with Crippen LogP contribution in [0.25, 0.3) is 0 Å². The molecule has 1 heterocycles. The van der Waals surface area contributed by atoms with Gasteiger partial charge in [0.1, 0.15) is 5.84 Å². The van der Waals surface area contributed by atoms with Crippen LogP contribution in [-0.4, -0.2) is 40.3 Å². The Hall–Kier alpha value is -1.20. The van der Waals surface area contributed by atoms with Gasteiger partial charge in [0.2, 0.25) is 0 Å². The highest BCUT2D eigenvalue weighted by atomic mass is 32.2. The highest BCUT2D eigenvalue weighted by Crippen LogP contribution is 2.37. The molecule has 0 aliphatic carbocycles. The predicted octanol–water partition coefficient (Wildman–Crippen LogP) is 2.55. The number of hydrogen-bond donors (Lipinski definition) is 2. The van der Waals surface area contributed by atoms with Crippen molar-refractivity contribution in [3.05, 3.63) is 29.8 Å². The molecular formula is C15H23N3OS. The molecule has 2 rings (SSSR count). The molecule has 3 N–H and O–H groups in total. The van der Waals surface area contributed by atoms with E-state index in [0.29, 0.717) is 23.5 Å². The average molecular weight is 293 g/mol. The Balaban J connectivity index is 1.90. The van der Waals surface area contributed by atoms with Gasteiger partial charge in [0.15, 0.2) is 0 Å². The van der Waals surface area contributed by atoms with Crippen molar-refractivity contribution in [1.29, 1.82) is 0 Å². The van der Waals surface area contributed by atoms with E-state index in [2.05, 4.69) is 48.2 Å². The third-order valence-electron chi connectivity index (χ3n) is 3.67. The summed E-state index contributed by atoms with van der Waals surface area (Å²) in [5.41, 5.74) is 7.03. The molecule has 1 aromatic carbocycles. The molecule has 0 saturated heterocycles. The molecule has 0 amide bonds. The molecule has 110 valence electrons. The molecular weight excluding hydrogens is 270 g/mol. The summed E-state index contributed by atoms with van der Waals surface area (Å²) in [7, 11) is 0. The lowest BCUT2D eigenvalue weighted by Gasteiger charge is -2.28. The Morgan fingerprint density at radius 3 is 2.90 bits per heavy atom. The fourth-order valence-corrected chi connectivity index (χ4v) is 3.83. The van der Waals surface area contributed by atoms with Gasteiger partial charge < -0.3 is 10.9 Å². The Morgan fingerprint density at radius 1 is 1.50 bits per heavy atom. The summed E-state index contributed by atoms with van der Waals surface area (Å²) in [6, 6.07) is 9.10. The van der Waals surface area contributed by atoms with Crippen LogP contribution in [0.15, 0.2) is 34.3 Å². The number of rotatable bonds is 6. The molecule has 0 aromatic heterocycles.